The highest BCUT2D eigenvalue weighted by atomic mass is 16.5. The fourth-order valence-corrected chi connectivity index (χ4v) is 12.8. The molecule has 9 aromatic carbocycles. The Hall–Kier alpha value is -7.89. The molecule has 0 N–H and O–H groups in total. The van der Waals surface area contributed by atoms with Gasteiger partial charge in [0.1, 0.15) is 45.3 Å². The minimum Gasteiger partial charge on any atom is -0.458 e. The van der Waals surface area contributed by atoms with Gasteiger partial charge < -0.3 is 22.9 Å². The van der Waals surface area contributed by atoms with E-state index in [2.05, 4.69) is 198 Å². The molecule has 0 saturated heterocycles. The van der Waals surface area contributed by atoms with Crippen LogP contribution in [0.4, 0.5) is 0 Å². The summed E-state index contributed by atoms with van der Waals surface area (Å²) in [5.74, 6) is 3.39. The third-order valence-corrected chi connectivity index (χ3v) is 16.0. The molecule has 7 heterocycles. The number of hydrogen-bond acceptors (Lipinski definition) is 4. The van der Waals surface area contributed by atoms with Crippen LogP contribution in [0.3, 0.4) is 0 Å². The molecule has 0 unspecified atom stereocenters. The molecule has 4 aliphatic heterocycles. The zero-order chi connectivity index (χ0) is 46.0. The fraction of sp³-hybridized carbons (Fsp3) is 0.129. The predicted octanol–water partition coefficient (Wildman–Crippen LogP) is 12.4. The second kappa shape index (κ2) is 12.6. The van der Waals surface area contributed by atoms with E-state index in [0.717, 1.165) is 128 Å². The molecule has 0 spiro atoms. The van der Waals surface area contributed by atoms with Crippen LogP contribution in [0, 0.1) is 0 Å². The van der Waals surface area contributed by atoms with E-state index in [0.29, 0.717) is 0 Å². The molecule has 0 amide bonds. The van der Waals surface area contributed by atoms with Crippen molar-refractivity contribution >= 4 is 112 Å². The number of rotatable bonds is 2. The van der Waals surface area contributed by atoms with Crippen molar-refractivity contribution < 1.29 is 18.3 Å². The predicted molar refractivity (Wildman–Crippen MR) is 286 cm³/mol. The van der Waals surface area contributed by atoms with Crippen LogP contribution in [0.15, 0.2) is 160 Å². The first kappa shape index (κ1) is 38.1. The van der Waals surface area contributed by atoms with Crippen molar-refractivity contribution in [1.29, 1.82) is 0 Å². The Labute approximate surface area is 399 Å². The third kappa shape index (κ3) is 4.78. The van der Waals surface area contributed by atoms with Crippen molar-refractivity contribution in [3.8, 4) is 50.9 Å². The molecule has 12 aromatic rings. The number of aromatic nitrogens is 1. The van der Waals surface area contributed by atoms with E-state index in [9.17, 15) is 0 Å². The average molecular weight is 888 g/mol. The van der Waals surface area contributed by atoms with Gasteiger partial charge in [0.15, 0.2) is 0 Å². The number of para-hydroxylation sites is 2. The summed E-state index contributed by atoms with van der Waals surface area (Å²) >= 11 is 0. The van der Waals surface area contributed by atoms with E-state index in [1.165, 1.54) is 33.0 Å². The first-order chi connectivity index (χ1) is 33.5. The smallest absolute Gasteiger partial charge is 0.256 e. The first-order valence-electron chi connectivity index (χ1n) is 24.3. The third-order valence-electron chi connectivity index (χ3n) is 16.0. The van der Waals surface area contributed by atoms with Crippen LogP contribution in [0.2, 0.25) is 0 Å². The van der Waals surface area contributed by atoms with Crippen LogP contribution >= 0.6 is 0 Å². The maximum Gasteiger partial charge on any atom is 0.256 e. The Morgan fingerprint density at radius 1 is 0.420 bits per heavy atom. The Morgan fingerprint density at radius 2 is 0.870 bits per heavy atom. The highest BCUT2D eigenvalue weighted by Gasteiger charge is 2.50. The van der Waals surface area contributed by atoms with Crippen molar-refractivity contribution in [1.82, 2.24) is 4.57 Å². The molecular formula is C62H43B2NO4. The number of nitrogens with zero attached hydrogens (tertiary/aromatic N) is 1. The van der Waals surface area contributed by atoms with Gasteiger partial charge in [-0.05, 0) is 78.0 Å². The number of fused-ring (bicyclic) bond motifs is 15. The van der Waals surface area contributed by atoms with Gasteiger partial charge in [-0.15, -0.1) is 0 Å². The van der Waals surface area contributed by atoms with E-state index >= 15 is 0 Å². The van der Waals surface area contributed by atoms with E-state index < -0.39 is 0 Å². The summed E-state index contributed by atoms with van der Waals surface area (Å²) in [6, 6.07) is 55.4. The van der Waals surface area contributed by atoms with Crippen molar-refractivity contribution in [3.05, 3.63) is 163 Å². The number of benzene rings is 9. The lowest BCUT2D eigenvalue weighted by Gasteiger charge is -2.41. The lowest BCUT2D eigenvalue weighted by Crippen LogP contribution is -2.65. The van der Waals surface area contributed by atoms with E-state index in [-0.39, 0.29) is 24.3 Å². The summed E-state index contributed by atoms with van der Waals surface area (Å²) < 4.78 is 32.0. The second-order valence-corrected chi connectivity index (χ2v) is 21.9. The first-order valence-corrected chi connectivity index (χ1v) is 24.3. The van der Waals surface area contributed by atoms with Gasteiger partial charge in [-0.2, -0.15) is 0 Å². The normalized spacial score (nSPS) is 14.1. The Kier molecular flexibility index (Phi) is 6.96. The van der Waals surface area contributed by atoms with Crippen molar-refractivity contribution in [2.45, 2.75) is 52.4 Å². The molecule has 0 bridgehead atoms. The lowest BCUT2D eigenvalue weighted by atomic mass is 9.30. The van der Waals surface area contributed by atoms with Gasteiger partial charge >= 0.3 is 0 Å². The average Bonchev–Trinajstić information content (AvgIpc) is 4.04. The van der Waals surface area contributed by atoms with Crippen molar-refractivity contribution in [2.24, 2.45) is 0 Å². The topological polar surface area (TPSA) is 49.7 Å². The summed E-state index contributed by atoms with van der Waals surface area (Å²) in [7, 11) is 0. The summed E-state index contributed by atoms with van der Waals surface area (Å²) in [4.78, 5) is 0. The molecule has 326 valence electrons. The van der Waals surface area contributed by atoms with Crippen LogP contribution in [0.25, 0.3) is 93.6 Å². The molecular weight excluding hydrogens is 844 g/mol. The molecule has 7 heteroatoms. The molecule has 4 aliphatic rings. The molecule has 16 rings (SSSR count). The Bertz CT molecular complexity index is 4060. The van der Waals surface area contributed by atoms with Gasteiger partial charge in [0.25, 0.3) is 13.4 Å². The molecule has 0 radical (unpaired) electrons. The van der Waals surface area contributed by atoms with Crippen LogP contribution < -0.4 is 42.3 Å². The molecule has 0 saturated carbocycles. The zero-order valence-corrected chi connectivity index (χ0v) is 39.2. The van der Waals surface area contributed by atoms with Gasteiger partial charge in [0.05, 0.1) is 21.8 Å². The summed E-state index contributed by atoms with van der Waals surface area (Å²) in [6.07, 6.45) is 0. The highest BCUT2D eigenvalue weighted by Crippen LogP contribution is 2.50. The highest BCUT2D eigenvalue weighted by molar-refractivity contribution is 7.03. The Balaban J connectivity index is 1.14. The van der Waals surface area contributed by atoms with Gasteiger partial charge in [-0.25, -0.2) is 0 Å². The van der Waals surface area contributed by atoms with E-state index in [4.69, 9.17) is 18.3 Å². The molecule has 5 nitrogen and oxygen atoms in total. The Morgan fingerprint density at radius 3 is 1.30 bits per heavy atom. The SMILES string of the molecule is CC(C)(C)c1ccc2c(c1)oc1c2cc2c3c1c1c4oc5cc(C(C)(C)C)ccc5c4cc4c1n3-c1c3c(cc5c1B4c1cccc(-c4ccccc4)c1O5)Oc1c(cccc1-c1ccccc1)B32. The fourth-order valence-electron chi connectivity index (χ4n) is 12.8. The van der Waals surface area contributed by atoms with E-state index in [1.54, 1.807) is 0 Å². The van der Waals surface area contributed by atoms with Gasteiger partial charge in [-0.3, -0.25) is 0 Å². The van der Waals surface area contributed by atoms with Crippen molar-refractivity contribution in [3.63, 3.8) is 0 Å². The van der Waals surface area contributed by atoms with Gasteiger partial charge in [0, 0.05) is 44.4 Å². The quantitative estimate of drug-likeness (QED) is 0.162. The second-order valence-electron chi connectivity index (χ2n) is 21.9. The molecule has 0 fully saturated rings. The number of ether oxygens (including phenoxy) is 2. The molecule has 3 aromatic heterocycles. The monoisotopic (exact) mass is 887 g/mol. The molecule has 69 heavy (non-hydrogen) atoms. The van der Waals surface area contributed by atoms with Crippen LogP contribution in [-0.2, 0) is 10.8 Å². The standard InChI is InChI=1S/C62H43B2NO4/c1-61(2,3)34-23-25-38-40-29-44-54-50(59(40)66-46(38)27-34)51-55-45(30-41-39-26-24-35(62(4,5)6)28-47(39)67-60(41)51)64-43-22-14-20-37(33-17-11-8-12-18-33)58(43)69-49-31-48-52(56(53(49)64)65(54)55)63(44)42-21-13-19-36(57(42)68-48)32-15-9-7-10-16-32/h7-31H,1-6H3. The summed E-state index contributed by atoms with van der Waals surface area (Å²) in [5.41, 5.74) is 20.8. The molecule has 0 aliphatic carbocycles. The maximum atomic E-state index is 7.40. The largest absolute Gasteiger partial charge is 0.458 e. The van der Waals surface area contributed by atoms with Gasteiger partial charge in [-0.1, -0.05) is 175 Å². The minimum absolute atomic E-state index is 0.0545. The number of hydrogen-bond donors (Lipinski definition) is 0. The van der Waals surface area contributed by atoms with Crippen LogP contribution in [0.1, 0.15) is 52.7 Å². The lowest BCUT2D eigenvalue weighted by molar-refractivity contribution is 0.467. The summed E-state index contributed by atoms with van der Waals surface area (Å²) in [5, 5.41) is 6.60. The van der Waals surface area contributed by atoms with Crippen molar-refractivity contribution in [2.75, 3.05) is 0 Å². The van der Waals surface area contributed by atoms with E-state index in [1.807, 2.05) is 0 Å². The maximum absolute atomic E-state index is 7.40. The van der Waals surface area contributed by atoms with Crippen LogP contribution in [0.5, 0.6) is 23.0 Å². The molecule has 0 atom stereocenters. The summed E-state index contributed by atoms with van der Waals surface area (Å²) in [6.45, 7) is 13.3. The van der Waals surface area contributed by atoms with Crippen LogP contribution in [-0.4, -0.2) is 18.0 Å². The minimum atomic E-state index is -0.157. The zero-order valence-electron chi connectivity index (χ0n) is 39.2. The van der Waals surface area contributed by atoms with Gasteiger partial charge in [0.2, 0.25) is 0 Å². The number of furan rings is 2.